The van der Waals surface area contributed by atoms with E-state index in [4.69, 9.17) is 20.3 Å². The summed E-state index contributed by atoms with van der Waals surface area (Å²) < 4.78 is 10.3. The van der Waals surface area contributed by atoms with Crippen LogP contribution in [-0.2, 0) is 4.79 Å². The molecule has 6 heteroatoms. The van der Waals surface area contributed by atoms with Gasteiger partial charge in [0.25, 0.3) is 0 Å². The molecule has 0 saturated heterocycles. The second kappa shape index (κ2) is 6.98. The van der Waals surface area contributed by atoms with E-state index in [9.17, 15) is 4.79 Å². The predicted molar refractivity (Wildman–Crippen MR) is 66.0 cm³/mol. The zero-order valence-electron chi connectivity index (χ0n) is 9.67. The molecule has 0 unspecified atom stereocenters. The Hall–Kier alpha value is -1.46. The van der Waals surface area contributed by atoms with Crippen LogP contribution in [-0.4, -0.2) is 25.3 Å². The number of halogens is 1. The second-order valence-electron chi connectivity index (χ2n) is 3.29. The highest BCUT2D eigenvalue weighted by Gasteiger charge is 2.17. The molecule has 0 bridgehead atoms. The minimum atomic E-state index is -0.947. The molecule has 0 radical (unpaired) electrons. The summed E-state index contributed by atoms with van der Waals surface area (Å²) in [5.41, 5.74) is 6.41. The van der Waals surface area contributed by atoms with Crippen LogP contribution in [0.3, 0.4) is 0 Å². The third kappa shape index (κ3) is 3.80. The molecule has 0 aromatic heterocycles. The minimum absolute atomic E-state index is 0. The Morgan fingerprint density at radius 2 is 2.06 bits per heavy atom. The number of benzene rings is 1. The molecule has 96 valence electrons. The first-order chi connectivity index (χ1) is 7.60. The maximum Gasteiger partial charge on any atom is 0.305 e. The van der Waals surface area contributed by atoms with Crippen LogP contribution in [0, 0.1) is 0 Å². The van der Waals surface area contributed by atoms with Crippen molar-refractivity contribution in [3.63, 3.8) is 0 Å². The van der Waals surface area contributed by atoms with Crippen molar-refractivity contribution in [1.82, 2.24) is 0 Å². The van der Waals surface area contributed by atoms with Gasteiger partial charge in [0, 0.05) is 11.6 Å². The van der Waals surface area contributed by atoms with E-state index in [2.05, 4.69) is 0 Å². The Balaban J connectivity index is 0.00000256. The molecule has 5 nitrogen and oxygen atoms in total. The number of para-hydroxylation sites is 1. The summed E-state index contributed by atoms with van der Waals surface area (Å²) in [4.78, 5) is 10.6. The first-order valence-electron chi connectivity index (χ1n) is 4.78. The summed E-state index contributed by atoms with van der Waals surface area (Å²) in [6.07, 6.45) is -0.149. The summed E-state index contributed by atoms with van der Waals surface area (Å²) in [7, 11) is 3.01. The van der Waals surface area contributed by atoms with Crippen LogP contribution in [0.1, 0.15) is 18.0 Å². The van der Waals surface area contributed by atoms with Gasteiger partial charge in [-0.25, -0.2) is 0 Å². The molecule has 0 aliphatic rings. The average molecular weight is 262 g/mol. The number of carbonyl (C=O) groups is 1. The van der Waals surface area contributed by atoms with E-state index in [0.29, 0.717) is 17.1 Å². The van der Waals surface area contributed by atoms with Gasteiger partial charge in [0.05, 0.1) is 20.6 Å². The number of carboxylic acids is 1. The van der Waals surface area contributed by atoms with E-state index in [-0.39, 0.29) is 18.8 Å². The number of nitrogens with two attached hydrogens (primary N) is 1. The van der Waals surface area contributed by atoms with Gasteiger partial charge in [-0.3, -0.25) is 4.79 Å². The maximum absolute atomic E-state index is 10.6. The van der Waals surface area contributed by atoms with Crippen molar-refractivity contribution in [3.05, 3.63) is 23.8 Å². The lowest BCUT2D eigenvalue weighted by Crippen LogP contribution is -2.16. The highest BCUT2D eigenvalue weighted by molar-refractivity contribution is 5.85. The van der Waals surface area contributed by atoms with E-state index in [1.54, 1.807) is 18.2 Å². The fourth-order valence-electron chi connectivity index (χ4n) is 1.50. The number of carboxylic acid groups (broad SMARTS) is 1. The molecule has 17 heavy (non-hydrogen) atoms. The molecule has 0 heterocycles. The number of hydrogen-bond acceptors (Lipinski definition) is 4. The van der Waals surface area contributed by atoms with E-state index < -0.39 is 12.0 Å². The van der Waals surface area contributed by atoms with Gasteiger partial charge < -0.3 is 20.3 Å². The van der Waals surface area contributed by atoms with Gasteiger partial charge in [0.1, 0.15) is 0 Å². The third-order valence-corrected chi connectivity index (χ3v) is 2.23. The summed E-state index contributed by atoms with van der Waals surface area (Å²) in [5, 5.41) is 8.68. The van der Waals surface area contributed by atoms with Crippen LogP contribution in [0.25, 0.3) is 0 Å². The lowest BCUT2D eigenvalue weighted by Gasteiger charge is -2.16. The van der Waals surface area contributed by atoms with Crippen LogP contribution in [0.5, 0.6) is 11.5 Å². The van der Waals surface area contributed by atoms with Gasteiger partial charge >= 0.3 is 5.97 Å². The first-order valence-corrected chi connectivity index (χ1v) is 4.78. The highest BCUT2D eigenvalue weighted by Crippen LogP contribution is 2.34. The summed E-state index contributed by atoms with van der Waals surface area (Å²) in [5.74, 6) is 0.0805. The third-order valence-electron chi connectivity index (χ3n) is 2.23. The van der Waals surface area contributed by atoms with E-state index in [1.807, 2.05) is 0 Å². The van der Waals surface area contributed by atoms with Crippen LogP contribution in [0.15, 0.2) is 18.2 Å². The van der Waals surface area contributed by atoms with Gasteiger partial charge in [0.15, 0.2) is 11.5 Å². The molecule has 0 spiro atoms. The standard InChI is InChI=1S/C11H15NO4.ClH/c1-15-9-5-3-4-7(11(9)16-2)8(12)6-10(13)14;/h3-5,8H,6,12H2,1-2H3,(H,13,14);1H/t8-;/m1./s1. The van der Waals surface area contributed by atoms with Crippen molar-refractivity contribution in [2.24, 2.45) is 5.73 Å². The number of hydrogen-bond donors (Lipinski definition) is 2. The molecule has 0 aliphatic heterocycles. The monoisotopic (exact) mass is 261 g/mol. The van der Waals surface area contributed by atoms with Gasteiger partial charge in [-0.05, 0) is 6.07 Å². The minimum Gasteiger partial charge on any atom is -0.493 e. The Kier molecular flexibility index (Phi) is 6.38. The molecule has 0 aliphatic carbocycles. The largest absolute Gasteiger partial charge is 0.493 e. The van der Waals surface area contributed by atoms with Crippen LogP contribution < -0.4 is 15.2 Å². The normalized spacial score (nSPS) is 11.2. The molecule has 0 saturated carbocycles. The van der Waals surface area contributed by atoms with E-state index in [1.165, 1.54) is 14.2 Å². The zero-order valence-corrected chi connectivity index (χ0v) is 10.5. The predicted octanol–water partition coefficient (Wildman–Crippen LogP) is 1.60. The van der Waals surface area contributed by atoms with Crippen LogP contribution in [0.2, 0.25) is 0 Å². The molecule has 0 amide bonds. The van der Waals surface area contributed by atoms with Crippen LogP contribution in [0.4, 0.5) is 0 Å². The van der Waals surface area contributed by atoms with Crippen molar-refractivity contribution in [1.29, 1.82) is 0 Å². The lowest BCUT2D eigenvalue weighted by molar-refractivity contribution is -0.137. The van der Waals surface area contributed by atoms with Crippen molar-refractivity contribution in [2.45, 2.75) is 12.5 Å². The Bertz CT molecular complexity index is 384. The lowest BCUT2D eigenvalue weighted by atomic mass is 10.0. The van der Waals surface area contributed by atoms with E-state index >= 15 is 0 Å². The zero-order chi connectivity index (χ0) is 12.1. The van der Waals surface area contributed by atoms with Crippen molar-refractivity contribution < 1.29 is 19.4 Å². The van der Waals surface area contributed by atoms with Crippen LogP contribution >= 0.6 is 12.4 Å². The van der Waals surface area contributed by atoms with E-state index in [0.717, 1.165) is 0 Å². The van der Waals surface area contributed by atoms with Gasteiger partial charge in [0.2, 0.25) is 0 Å². The summed E-state index contributed by atoms with van der Waals surface area (Å²) >= 11 is 0. The topological polar surface area (TPSA) is 81.8 Å². The molecule has 1 rings (SSSR count). The SMILES string of the molecule is COc1cccc([C@H](N)CC(=O)O)c1OC.Cl. The number of methoxy groups -OCH3 is 2. The van der Waals surface area contributed by atoms with Crippen molar-refractivity contribution in [3.8, 4) is 11.5 Å². The average Bonchev–Trinajstić information content (AvgIpc) is 2.26. The quantitative estimate of drug-likeness (QED) is 0.841. The molecule has 1 aromatic carbocycles. The Morgan fingerprint density at radius 1 is 1.41 bits per heavy atom. The fraction of sp³-hybridized carbons (Fsp3) is 0.364. The summed E-state index contributed by atoms with van der Waals surface area (Å²) in [6, 6.07) is 4.60. The molecule has 1 aromatic rings. The number of aliphatic carboxylic acids is 1. The molecular weight excluding hydrogens is 246 g/mol. The highest BCUT2D eigenvalue weighted by atomic mass is 35.5. The van der Waals surface area contributed by atoms with Crippen molar-refractivity contribution in [2.75, 3.05) is 14.2 Å². The Morgan fingerprint density at radius 3 is 2.53 bits per heavy atom. The van der Waals surface area contributed by atoms with Gasteiger partial charge in [-0.1, -0.05) is 12.1 Å². The fourth-order valence-corrected chi connectivity index (χ4v) is 1.50. The van der Waals surface area contributed by atoms with Gasteiger partial charge in [-0.15, -0.1) is 12.4 Å². The molecular formula is C11H16ClNO4. The number of ether oxygens (including phenoxy) is 2. The van der Waals surface area contributed by atoms with Crippen molar-refractivity contribution >= 4 is 18.4 Å². The summed E-state index contributed by atoms with van der Waals surface area (Å²) in [6.45, 7) is 0. The smallest absolute Gasteiger partial charge is 0.305 e. The molecule has 3 N–H and O–H groups in total. The first kappa shape index (κ1) is 15.5. The second-order valence-corrected chi connectivity index (χ2v) is 3.29. The Labute approximate surface area is 106 Å². The van der Waals surface area contributed by atoms with Gasteiger partial charge in [-0.2, -0.15) is 0 Å². The molecule has 1 atom stereocenters. The number of rotatable bonds is 5. The molecule has 0 fully saturated rings. The maximum atomic E-state index is 10.6.